The van der Waals surface area contributed by atoms with Gasteiger partial charge < -0.3 is 21.1 Å². The number of likely N-dealkylation sites (N-methyl/N-ethyl adjacent to an activating group) is 1. The van der Waals surface area contributed by atoms with Crippen molar-refractivity contribution in [1.29, 1.82) is 0 Å². The van der Waals surface area contributed by atoms with Gasteiger partial charge in [0, 0.05) is 42.2 Å². The average molecular weight is 390 g/mol. The summed E-state index contributed by atoms with van der Waals surface area (Å²) in [4.78, 5) is 11.8. The molecule has 0 bridgehead atoms. The highest BCUT2D eigenvalue weighted by atomic mass is 16.5. The van der Waals surface area contributed by atoms with Gasteiger partial charge in [0.05, 0.1) is 17.9 Å². The van der Waals surface area contributed by atoms with E-state index < -0.39 is 0 Å². The fourth-order valence-corrected chi connectivity index (χ4v) is 3.61. The number of nitrogen functional groups attached to an aromatic ring is 2. The van der Waals surface area contributed by atoms with E-state index in [4.69, 9.17) is 26.2 Å². The van der Waals surface area contributed by atoms with Gasteiger partial charge in [-0.3, -0.25) is 0 Å². The minimum Gasteiger partial charge on any atom is -0.399 e. The minimum atomic E-state index is 0.227. The van der Waals surface area contributed by atoms with E-state index in [2.05, 4.69) is 11.8 Å². The second kappa shape index (κ2) is 8.09. The highest BCUT2D eigenvalue weighted by Gasteiger charge is 2.24. The van der Waals surface area contributed by atoms with Crippen molar-refractivity contribution in [1.82, 2.24) is 9.97 Å². The molecule has 0 aliphatic carbocycles. The van der Waals surface area contributed by atoms with Crippen LogP contribution in [0.1, 0.15) is 19.8 Å². The third kappa shape index (κ3) is 4.49. The van der Waals surface area contributed by atoms with Crippen molar-refractivity contribution in [3.05, 3.63) is 54.6 Å². The van der Waals surface area contributed by atoms with Crippen LogP contribution in [-0.2, 0) is 4.74 Å². The van der Waals surface area contributed by atoms with Gasteiger partial charge in [-0.2, -0.15) is 0 Å². The van der Waals surface area contributed by atoms with Crippen LogP contribution in [0.25, 0.3) is 22.6 Å². The molecular weight excluding hydrogens is 362 g/mol. The van der Waals surface area contributed by atoms with Crippen molar-refractivity contribution in [2.75, 3.05) is 30.0 Å². The topological polar surface area (TPSA) is 90.3 Å². The average Bonchev–Trinajstić information content (AvgIpc) is 3.13. The largest absolute Gasteiger partial charge is 0.399 e. The van der Waals surface area contributed by atoms with Gasteiger partial charge in [0.25, 0.3) is 0 Å². The Hall–Kier alpha value is -3.12. The Kier molecular flexibility index (Phi) is 5.36. The first-order valence-corrected chi connectivity index (χ1v) is 9.95. The zero-order valence-corrected chi connectivity index (χ0v) is 16.9. The highest BCUT2D eigenvalue weighted by Crippen LogP contribution is 2.28. The summed E-state index contributed by atoms with van der Waals surface area (Å²) in [5.74, 6) is 1.53. The number of nitrogens with zero attached hydrogens (tertiary/aromatic N) is 3. The van der Waals surface area contributed by atoms with Gasteiger partial charge in [-0.15, -0.1) is 0 Å². The summed E-state index contributed by atoms with van der Waals surface area (Å²) in [6, 6.07) is 17.4. The lowest BCUT2D eigenvalue weighted by atomic mass is 10.1. The second-order valence-electron chi connectivity index (χ2n) is 7.71. The quantitative estimate of drug-likeness (QED) is 0.642. The van der Waals surface area contributed by atoms with E-state index >= 15 is 0 Å². The molecule has 1 aliphatic heterocycles. The van der Waals surface area contributed by atoms with Gasteiger partial charge >= 0.3 is 0 Å². The predicted molar refractivity (Wildman–Crippen MR) is 119 cm³/mol. The van der Waals surface area contributed by atoms with Crippen LogP contribution >= 0.6 is 0 Å². The molecule has 1 fully saturated rings. The molecule has 0 amide bonds. The van der Waals surface area contributed by atoms with Crippen LogP contribution in [0.4, 0.5) is 17.2 Å². The number of anilines is 3. The molecule has 4 N–H and O–H groups in total. The Bertz CT molecular complexity index is 908. The fourth-order valence-electron chi connectivity index (χ4n) is 3.61. The number of benzene rings is 2. The van der Waals surface area contributed by atoms with Gasteiger partial charge in [-0.1, -0.05) is 12.1 Å². The number of aromatic nitrogens is 2. The molecule has 6 heteroatoms. The third-order valence-corrected chi connectivity index (χ3v) is 5.28. The van der Waals surface area contributed by atoms with Crippen LogP contribution in [0.5, 0.6) is 0 Å². The standard InChI is InChI=1S/C23H27N5O/c1-15-3-12-20(29-15)14-28(2)22-13-21(16-4-8-18(24)9-5-16)26-23(27-22)17-6-10-19(25)11-7-17/h4-11,13,15,20H,3,12,14,24-25H2,1-2H3. The van der Waals surface area contributed by atoms with Gasteiger partial charge in [-0.25, -0.2) is 9.97 Å². The van der Waals surface area contributed by atoms with Crippen LogP contribution in [0, 0.1) is 0 Å². The lowest BCUT2D eigenvalue weighted by molar-refractivity contribution is 0.0606. The molecule has 0 radical (unpaired) electrons. The fraction of sp³-hybridized carbons (Fsp3) is 0.304. The maximum atomic E-state index is 6.00. The van der Waals surface area contributed by atoms with Crippen molar-refractivity contribution in [3.63, 3.8) is 0 Å². The number of hydrogen-bond donors (Lipinski definition) is 2. The zero-order chi connectivity index (χ0) is 20.4. The molecule has 2 aromatic carbocycles. The number of nitrogens with two attached hydrogens (primary N) is 2. The van der Waals surface area contributed by atoms with Gasteiger partial charge in [0.15, 0.2) is 5.82 Å². The molecule has 6 nitrogen and oxygen atoms in total. The van der Waals surface area contributed by atoms with Crippen LogP contribution in [0.15, 0.2) is 54.6 Å². The monoisotopic (exact) mass is 389 g/mol. The molecule has 150 valence electrons. The first kappa shape index (κ1) is 19.2. The van der Waals surface area contributed by atoms with Crippen molar-refractivity contribution < 1.29 is 4.74 Å². The SMILES string of the molecule is CC1CCC(CN(C)c2cc(-c3ccc(N)cc3)nc(-c3ccc(N)cc3)n2)O1. The molecule has 2 atom stereocenters. The predicted octanol–water partition coefficient (Wildman–Crippen LogP) is 3.98. The van der Waals surface area contributed by atoms with Gasteiger partial charge in [0.1, 0.15) is 5.82 Å². The molecular formula is C23H27N5O. The Labute approximate surface area is 171 Å². The van der Waals surface area contributed by atoms with E-state index in [-0.39, 0.29) is 6.10 Å². The summed E-state index contributed by atoms with van der Waals surface area (Å²) >= 11 is 0. The first-order chi connectivity index (χ1) is 14.0. The number of ether oxygens (including phenoxy) is 1. The molecule has 3 aromatic rings. The summed E-state index contributed by atoms with van der Waals surface area (Å²) in [6.07, 6.45) is 2.74. The summed E-state index contributed by atoms with van der Waals surface area (Å²) in [7, 11) is 2.05. The maximum Gasteiger partial charge on any atom is 0.162 e. The molecule has 2 unspecified atom stereocenters. The smallest absolute Gasteiger partial charge is 0.162 e. The van der Waals surface area contributed by atoms with Gasteiger partial charge in [-0.05, 0) is 56.2 Å². The van der Waals surface area contributed by atoms with E-state index in [9.17, 15) is 0 Å². The van der Waals surface area contributed by atoms with E-state index in [0.29, 0.717) is 17.6 Å². The summed E-state index contributed by atoms with van der Waals surface area (Å²) in [5.41, 5.74) is 15.9. The summed E-state index contributed by atoms with van der Waals surface area (Å²) in [6.45, 7) is 2.92. The zero-order valence-electron chi connectivity index (χ0n) is 16.9. The summed E-state index contributed by atoms with van der Waals surface area (Å²) < 4.78 is 6.00. The number of rotatable bonds is 5. The van der Waals surface area contributed by atoms with Crippen molar-refractivity contribution >= 4 is 17.2 Å². The Morgan fingerprint density at radius 3 is 2.14 bits per heavy atom. The normalized spacial score (nSPS) is 18.7. The van der Waals surface area contributed by atoms with Gasteiger partial charge in [0.2, 0.25) is 0 Å². The lowest BCUT2D eigenvalue weighted by Gasteiger charge is -2.23. The minimum absolute atomic E-state index is 0.227. The molecule has 2 heterocycles. The Balaban J connectivity index is 1.71. The van der Waals surface area contributed by atoms with E-state index in [1.165, 1.54) is 0 Å². The molecule has 1 aliphatic rings. The molecule has 4 rings (SSSR count). The second-order valence-corrected chi connectivity index (χ2v) is 7.71. The molecule has 1 aromatic heterocycles. The van der Waals surface area contributed by atoms with Crippen molar-refractivity contribution in [3.8, 4) is 22.6 Å². The van der Waals surface area contributed by atoms with Crippen molar-refractivity contribution in [2.45, 2.75) is 32.0 Å². The van der Waals surface area contributed by atoms with E-state index in [0.717, 1.165) is 47.7 Å². The lowest BCUT2D eigenvalue weighted by Crippen LogP contribution is -2.29. The van der Waals surface area contributed by atoms with Crippen LogP contribution in [0.2, 0.25) is 0 Å². The first-order valence-electron chi connectivity index (χ1n) is 9.95. The third-order valence-electron chi connectivity index (χ3n) is 5.28. The molecule has 1 saturated heterocycles. The van der Waals surface area contributed by atoms with E-state index in [1.54, 1.807) is 0 Å². The van der Waals surface area contributed by atoms with Crippen molar-refractivity contribution in [2.24, 2.45) is 0 Å². The molecule has 29 heavy (non-hydrogen) atoms. The molecule has 0 saturated carbocycles. The number of hydrogen-bond acceptors (Lipinski definition) is 6. The van der Waals surface area contributed by atoms with Crippen LogP contribution in [0.3, 0.4) is 0 Å². The summed E-state index contributed by atoms with van der Waals surface area (Å²) in [5, 5.41) is 0. The van der Waals surface area contributed by atoms with E-state index in [1.807, 2.05) is 61.6 Å². The van der Waals surface area contributed by atoms with Crippen LogP contribution < -0.4 is 16.4 Å². The maximum absolute atomic E-state index is 6.00. The molecule has 0 spiro atoms. The Morgan fingerprint density at radius 1 is 0.931 bits per heavy atom. The highest BCUT2D eigenvalue weighted by molar-refractivity contribution is 5.69. The van der Waals surface area contributed by atoms with Crippen LogP contribution in [-0.4, -0.2) is 35.8 Å². The Morgan fingerprint density at radius 2 is 1.55 bits per heavy atom.